The second-order valence-electron chi connectivity index (χ2n) is 11.6. The Labute approximate surface area is 299 Å². The van der Waals surface area contributed by atoms with Gasteiger partial charge in [0.05, 0.1) is 25.2 Å². The van der Waals surface area contributed by atoms with Gasteiger partial charge in [0, 0.05) is 19.0 Å². The fourth-order valence-electron chi connectivity index (χ4n) is 4.23. The van der Waals surface area contributed by atoms with Crippen LogP contribution in [0.15, 0.2) is 71.9 Å². The summed E-state index contributed by atoms with van der Waals surface area (Å²) in [6, 6.07) is 14.6. The van der Waals surface area contributed by atoms with Crippen LogP contribution in [0.25, 0.3) is 11.6 Å². The fraction of sp³-hybridized carbons (Fsp3) is 0.364. The number of sulfonamides is 1. The molecule has 0 spiro atoms. The lowest BCUT2D eigenvalue weighted by Gasteiger charge is -2.20. The van der Waals surface area contributed by atoms with Crippen molar-refractivity contribution < 1.29 is 51.6 Å². The van der Waals surface area contributed by atoms with Gasteiger partial charge < -0.3 is 33.3 Å². The van der Waals surface area contributed by atoms with Crippen LogP contribution in [0.4, 0.5) is 10.6 Å². The summed E-state index contributed by atoms with van der Waals surface area (Å²) < 4.78 is 62.7. The fourth-order valence-corrected chi connectivity index (χ4v) is 5.23. The van der Waals surface area contributed by atoms with Crippen molar-refractivity contribution in [1.82, 2.24) is 19.9 Å². The van der Waals surface area contributed by atoms with Gasteiger partial charge in [0.15, 0.2) is 23.1 Å². The average Bonchev–Trinajstić information content (AvgIpc) is 3.12. The first kappa shape index (κ1) is 39.0. The number of methoxy groups -OCH3 is 1. The van der Waals surface area contributed by atoms with Crippen molar-refractivity contribution in [1.29, 1.82) is 0 Å². The Hall–Kier alpha value is -5.82. The number of nitrogens with one attached hydrogen (secondary N) is 1. The highest BCUT2D eigenvalue weighted by molar-refractivity contribution is 7.92. The molecule has 0 saturated heterocycles. The first-order valence-corrected chi connectivity index (χ1v) is 17.3. The second-order valence-corrected chi connectivity index (χ2v) is 13.2. The second kappa shape index (κ2) is 18.4. The maximum atomic E-state index is 13.7. The van der Waals surface area contributed by atoms with Crippen LogP contribution >= 0.6 is 0 Å². The summed E-state index contributed by atoms with van der Waals surface area (Å²) in [6.45, 7) is 5.38. The van der Waals surface area contributed by atoms with E-state index in [0.717, 1.165) is 5.56 Å². The van der Waals surface area contributed by atoms with Crippen molar-refractivity contribution in [2.75, 3.05) is 51.5 Å². The minimum atomic E-state index is -4.26. The molecule has 0 radical (unpaired) electrons. The van der Waals surface area contributed by atoms with Gasteiger partial charge in [0.25, 0.3) is 21.0 Å². The molecule has 0 unspecified atom stereocenters. The van der Waals surface area contributed by atoms with E-state index in [0.29, 0.717) is 5.75 Å². The van der Waals surface area contributed by atoms with E-state index in [1.165, 1.54) is 31.6 Å². The number of ether oxygens (including phenoxy) is 6. The number of hydrogen-bond donors (Lipinski definition) is 1. The summed E-state index contributed by atoms with van der Waals surface area (Å²) >= 11 is 0. The number of anilines is 1. The number of rotatable bonds is 19. The molecule has 2 aromatic heterocycles. The highest BCUT2D eigenvalue weighted by atomic mass is 32.2. The standard InChI is InChI=1S/C33H38N6O12S/c1-33(2,3)23-11-13-24(14-12-23)52(43,44)38-28-27(51-26-10-6-5-9-25(26)45-4)31(37-30(36-28)29-34-15-7-16-35-29)47-21-22-49-32(40)48-20-19-46-17-8-18-50-39(41)42/h5-7,9-16H,8,17-22H2,1-4H3,(H,36,37,38). The third-order valence-corrected chi connectivity index (χ3v) is 8.12. The van der Waals surface area contributed by atoms with Gasteiger partial charge in [-0.15, -0.1) is 10.1 Å². The molecule has 0 atom stereocenters. The van der Waals surface area contributed by atoms with E-state index in [2.05, 4.69) is 29.5 Å². The first-order valence-electron chi connectivity index (χ1n) is 15.8. The molecule has 0 aliphatic rings. The van der Waals surface area contributed by atoms with Crippen LogP contribution in [-0.4, -0.2) is 86.3 Å². The van der Waals surface area contributed by atoms with Gasteiger partial charge in [-0.1, -0.05) is 45.0 Å². The third kappa shape index (κ3) is 11.6. The lowest BCUT2D eigenvalue weighted by atomic mass is 9.87. The summed E-state index contributed by atoms with van der Waals surface area (Å²) in [5.41, 5.74) is 0.730. The number of carbonyl (C=O) groups is 1. The van der Waals surface area contributed by atoms with Crippen molar-refractivity contribution in [3.63, 3.8) is 0 Å². The minimum absolute atomic E-state index is 0.0262. The summed E-state index contributed by atoms with van der Waals surface area (Å²) in [4.78, 5) is 43.6. The summed E-state index contributed by atoms with van der Waals surface area (Å²) in [5.74, 6) is -0.325. The summed E-state index contributed by atoms with van der Waals surface area (Å²) in [6.07, 6.45) is 2.18. The molecule has 2 heterocycles. The van der Waals surface area contributed by atoms with Gasteiger partial charge in [-0.05, 0) is 47.7 Å². The van der Waals surface area contributed by atoms with Crippen LogP contribution in [0, 0.1) is 10.1 Å². The molecule has 4 aromatic rings. The van der Waals surface area contributed by atoms with E-state index in [-0.39, 0.29) is 91.2 Å². The van der Waals surface area contributed by atoms with Crippen molar-refractivity contribution in [3.8, 4) is 34.8 Å². The lowest BCUT2D eigenvalue weighted by molar-refractivity contribution is -0.757. The van der Waals surface area contributed by atoms with Gasteiger partial charge in [0.2, 0.25) is 11.6 Å². The number of benzene rings is 2. The molecular weight excluding hydrogens is 704 g/mol. The number of nitrogens with zero attached hydrogens (tertiary/aromatic N) is 5. The Kier molecular flexibility index (Phi) is 13.8. The zero-order chi connectivity index (χ0) is 37.6. The average molecular weight is 743 g/mol. The zero-order valence-electron chi connectivity index (χ0n) is 28.8. The van der Waals surface area contributed by atoms with Gasteiger partial charge in [-0.3, -0.25) is 4.72 Å². The number of carbonyl (C=O) groups excluding carboxylic acids is 1. The van der Waals surface area contributed by atoms with E-state index in [4.69, 9.17) is 28.4 Å². The summed E-state index contributed by atoms with van der Waals surface area (Å²) in [5, 5.41) is 9.25. The molecular formula is C33H38N6O12S. The largest absolute Gasteiger partial charge is 0.508 e. The van der Waals surface area contributed by atoms with Gasteiger partial charge in [0.1, 0.15) is 19.8 Å². The van der Waals surface area contributed by atoms with E-state index < -0.39 is 21.3 Å². The van der Waals surface area contributed by atoms with E-state index in [1.807, 2.05) is 20.8 Å². The highest BCUT2D eigenvalue weighted by Gasteiger charge is 2.26. The molecule has 0 aliphatic heterocycles. The molecule has 18 nitrogen and oxygen atoms in total. The Bertz CT molecular complexity index is 1890. The molecule has 0 bridgehead atoms. The molecule has 52 heavy (non-hydrogen) atoms. The topological polar surface area (TPSA) is 223 Å². The Morgan fingerprint density at radius 3 is 2.17 bits per heavy atom. The first-order chi connectivity index (χ1) is 24.9. The van der Waals surface area contributed by atoms with Crippen molar-refractivity contribution in [3.05, 3.63) is 82.7 Å². The monoisotopic (exact) mass is 742 g/mol. The van der Waals surface area contributed by atoms with Gasteiger partial charge >= 0.3 is 6.16 Å². The molecule has 278 valence electrons. The van der Waals surface area contributed by atoms with Crippen LogP contribution in [0.3, 0.4) is 0 Å². The van der Waals surface area contributed by atoms with Gasteiger partial charge in [-0.25, -0.2) is 28.2 Å². The smallest absolute Gasteiger partial charge is 0.493 e. The van der Waals surface area contributed by atoms with Crippen molar-refractivity contribution in [2.45, 2.75) is 37.5 Å². The Balaban J connectivity index is 1.56. The van der Waals surface area contributed by atoms with Crippen molar-refractivity contribution >= 4 is 22.0 Å². The minimum Gasteiger partial charge on any atom is -0.493 e. The zero-order valence-corrected chi connectivity index (χ0v) is 29.7. The lowest BCUT2D eigenvalue weighted by Crippen LogP contribution is -2.18. The molecule has 2 aromatic carbocycles. The van der Waals surface area contributed by atoms with Crippen molar-refractivity contribution in [2.24, 2.45) is 0 Å². The van der Waals surface area contributed by atoms with Crippen LogP contribution in [-0.2, 0) is 34.5 Å². The molecule has 0 fully saturated rings. The maximum absolute atomic E-state index is 13.7. The molecule has 19 heteroatoms. The highest BCUT2D eigenvalue weighted by Crippen LogP contribution is 2.41. The van der Waals surface area contributed by atoms with Crippen LogP contribution < -0.4 is 18.9 Å². The normalized spacial score (nSPS) is 11.3. The number of hydrogen-bond acceptors (Lipinski definition) is 16. The van der Waals surface area contributed by atoms with E-state index >= 15 is 0 Å². The molecule has 4 rings (SSSR count). The van der Waals surface area contributed by atoms with Crippen LogP contribution in [0.5, 0.6) is 23.1 Å². The predicted molar refractivity (Wildman–Crippen MR) is 183 cm³/mol. The van der Waals surface area contributed by atoms with Crippen LogP contribution in [0.2, 0.25) is 0 Å². The van der Waals surface area contributed by atoms with Crippen LogP contribution in [0.1, 0.15) is 32.8 Å². The summed E-state index contributed by atoms with van der Waals surface area (Å²) in [7, 11) is -2.82. The Morgan fingerprint density at radius 2 is 1.52 bits per heavy atom. The third-order valence-electron chi connectivity index (χ3n) is 6.76. The SMILES string of the molecule is COc1ccccc1Oc1c(NS(=O)(=O)c2ccc(C(C)(C)C)cc2)nc(-c2ncccn2)nc1OCCOC(=O)OCCOCCCO[N+](=O)[O-]. The van der Waals surface area contributed by atoms with E-state index in [1.54, 1.807) is 42.5 Å². The predicted octanol–water partition coefficient (Wildman–Crippen LogP) is 4.98. The molecule has 0 aliphatic carbocycles. The number of aromatic nitrogens is 4. The molecule has 0 saturated carbocycles. The molecule has 1 N–H and O–H groups in total. The maximum Gasteiger partial charge on any atom is 0.508 e. The number of para-hydroxylation sites is 2. The quantitative estimate of drug-likeness (QED) is 0.0579. The molecule has 0 amide bonds. The van der Waals surface area contributed by atoms with Gasteiger partial charge in [-0.2, -0.15) is 4.98 Å². The van der Waals surface area contributed by atoms with E-state index in [9.17, 15) is 23.3 Å². The Morgan fingerprint density at radius 1 is 0.846 bits per heavy atom.